The Morgan fingerprint density at radius 2 is 0.388 bits per heavy atom. The standard InChI is InChI=1S/C84H121N21O29/c106-43-22-57(99(36-43)78(128)50-8-1-15-85-50)71(121)86-29-64(113)93-16-2-9-51(93)79(129)100-37-44(107)23-58(100)72(122)87-30-65(114)94-17-3-10-52(94)80(130)101-38-45(108)24-59(101)73(123)88-31-66(115)95-18-4-11-53(95)81(131)102-39-46(109)25-60(102)74(124)89-32-67(116)96-19-5-12-54(96)82(132)103-40-47(110)26-61(103)75(125)90-33-68(117)97-20-6-13-55(97)83(133)104-41-48(111)27-62(104)76(126)91-34-69(118)98-21-7-14-56(98)84(134)105-42-49(112)28-63(105)77(127)92-35-70(119)120/h43-63,85,106-112H,1-42H2,(H,86,121)(H,87,122)(H,88,123)(H,89,124)(H,90,125)(H,91,126)(H,92,127)(H,119,120)/t43-,44-,45-,46-,47-,48-,49-,50+,51+,52+,53+,54+,55+,56+,57+,58+,59+,60+,61+,62+,63+/m1/s1. The molecule has 0 aromatic carbocycles. The van der Waals surface area contributed by atoms with E-state index in [0.29, 0.717) is 51.5 Å². The number of hydrogen-bond acceptors (Lipinski definition) is 29. The van der Waals surface area contributed by atoms with E-state index in [1.807, 2.05) is 0 Å². The number of carboxylic acid groups (broad SMARTS) is 1. The van der Waals surface area contributed by atoms with E-state index in [1.54, 1.807) is 0 Å². The van der Waals surface area contributed by atoms with Crippen LogP contribution in [0.25, 0.3) is 0 Å². The fraction of sp³-hybridized carbons (Fsp3) is 0.750. The lowest BCUT2D eigenvalue weighted by Crippen LogP contribution is -2.57. The van der Waals surface area contributed by atoms with Crippen molar-refractivity contribution in [1.82, 2.24) is 106 Å². The summed E-state index contributed by atoms with van der Waals surface area (Å²) >= 11 is 0. The fourth-order valence-corrected chi connectivity index (χ4v) is 21.9. The molecule has 14 rings (SSSR count). The molecule has 0 spiro atoms. The maximum absolute atomic E-state index is 14.5. The van der Waals surface area contributed by atoms with Gasteiger partial charge in [-0.1, -0.05) is 0 Å². The second kappa shape index (κ2) is 42.6. The largest absolute Gasteiger partial charge is 0.480 e. The summed E-state index contributed by atoms with van der Waals surface area (Å²) in [6, 6.07) is -16.2. The molecule has 14 aliphatic heterocycles. The molecule has 0 bridgehead atoms. The molecule has 0 saturated carbocycles. The summed E-state index contributed by atoms with van der Waals surface area (Å²) in [5, 5.41) is 105. The normalized spacial score (nSPS) is 31.2. The van der Waals surface area contributed by atoms with E-state index in [0.717, 1.165) is 35.8 Å². The molecule has 14 aliphatic rings. The molecular formula is C84H121N21O29. The van der Waals surface area contributed by atoms with Gasteiger partial charge in [0.05, 0.1) is 88.0 Å². The van der Waals surface area contributed by atoms with Gasteiger partial charge < -0.3 is 147 Å². The predicted octanol–water partition coefficient (Wildman–Crippen LogP) is -13.7. The zero-order valence-corrected chi connectivity index (χ0v) is 74.3. The van der Waals surface area contributed by atoms with Gasteiger partial charge in [-0.25, -0.2) is 0 Å². The Labute approximate surface area is 768 Å². The van der Waals surface area contributed by atoms with Crippen LogP contribution in [0.15, 0.2) is 0 Å². The Hall–Kier alpha value is -11.4. The molecule has 14 heterocycles. The topological polar surface area (TPSA) is 659 Å². The van der Waals surface area contributed by atoms with Crippen LogP contribution in [0.5, 0.6) is 0 Å². The van der Waals surface area contributed by atoms with Crippen LogP contribution in [0.1, 0.15) is 135 Å². The Morgan fingerprint density at radius 3 is 0.552 bits per heavy atom. The average Bonchev–Trinajstić information content (AvgIpc) is 1.66. The molecule has 134 heavy (non-hydrogen) atoms. The van der Waals surface area contributed by atoms with Gasteiger partial charge in [0.1, 0.15) is 85.1 Å². The molecule has 16 N–H and O–H groups in total. The van der Waals surface area contributed by atoms with E-state index in [9.17, 15) is 136 Å². The number of nitrogens with one attached hydrogen (secondary N) is 8. The SMILES string of the molecule is O=C(O)CNC(=O)[C@@H]1C[C@@H](O)CN1C(=O)[C@@H]1CCCN1C(=O)CNC(=O)[C@@H]1C[C@@H](O)CN1C(=O)[C@@H]1CCCN1C(=O)CNC(=O)[C@@H]1C[C@@H](O)CN1C(=O)[C@@H]1CCCN1C(=O)CNC(=O)[C@@H]1C[C@@H](O)CN1C(=O)[C@@H]1CCCN1C(=O)CNC(=O)[C@@H]1C[C@@H](O)CN1C(=O)[C@@H]1CCCN1C(=O)CNC(=O)[C@@H]1C[C@@H](O)CN1C(=O)[C@@H]1CCCN1C(=O)CNC(=O)[C@@H]1C[C@@H](O)CN1C(=O)[C@@H]1CCCN1. The van der Waals surface area contributed by atoms with Crippen molar-refractivity contribution in [3.63, 3.8) is 0 Å². The smallest absolute Gasteiger partial charge is 0.322 e. The van der Waals surface area contributed by atoms with E-state index in [4.69, 9.17) is 5.11 Å². The summed E-state index contributed by atoms with van der Waals surface area (Å²) < 4.78 is 0. The molecular weight excluding hydrogens is 1770 g/mol. The van der Waals surface area contributed by atoms with Crippen LogP contribution in [-0.4, -0.2) is 493 Å². The van der Waals surface area contributed by atoms with Crippen LogP contribution in [0.3, 0.4) is 0 Å². The van der Waals surface area contributed by atoms with E-state index in [2.05, 4.69) is 42.5 Å². The molecule has 0 aromatic rings. The highest BCUT2D eigenvalue weighted by molar-refractivity contribution is 6.02. The van der Waals surface area contributed by atoms with Gasteiger partial charge in [-0.2, -0.15) is 0 Å². The van der Waals surface area contributed by atoms with Crippen molar-refractivity contribution in [2.24, 2.45) is 0 Å². The monoisotopic (exact) mass is 1890 g/mol. The summed E-state index contributed by atoms with van der Waals surface area (Å²) in [7, 11) is 0. The Bertz CT molecular complexity index is 4540. The number of carbonyl (C=O) groups is 21. The van der Waals surface area contributed by atoms with E-state index >= 15 is 0 Å². The first-order valence-electron chi connectivity index (χ1n) is 46.5. The molecule has 0 aromatic heterocycles. The summed E-state index contributed by atoms with van der Waals surface area (Å²) in [5.74, 6) is -15.7. The van der Waals surface area contributed by atoms with E-state index in [-0.39, 0.29) is 174 Å². The van der Waals surface area contributed by atoms with Gasteiger partial charge >= 0.3 is 5.97 Å². The molecule has 0 unspecified atom stereocenters. The molecule has 0 radical (unpaired) electrons. The zero-order valence-electron chi connectivity index (χ0n) is 74.3. The van der Waals surface area contributed by atoms with Crippen LogP contribution >= 0.6 is 0 Å². The molecule has 21 atom stereocenters. The van der Waals surface area contributed by atoms with Crippen molar-refractivity contribution in [1.29, 1.82) is 0 Å². The molecule has 736 valence electrons. The average molecular weight is 1890 g/mol. The highest BCUT2D eigenvalue weighted by Crippen LogP contribution is 2.35. The molecule has 14 fully saturated rings. The van der Waals surface area contributed by atoms with Gasteiger partial charge in [0, 0.05) is 130 Å². The van der Waals surface area contributed by atoms with Crippen molar-refractivity contribution >= 4 is 124 Å². The molecule has 20 amide bonds. The lowest BCUT2D eigenvalue weighted by molar-refractivity contribution is -0.148. The third kappa shape index (κ3) is 21.6. The number of likely N-dealkylation sites (tertiary alicyclic amines) is 13. The molecule has 50 heteroatoms. The minimum absolute atomic E-state index is 0.0280. The van der Waals surface area contributed by atoms with Crippen molar-refractivity contribution < 1.29 is 142 Å². The summed E-state index contributed by atoms with van der Waals surface area (Å²) in [6.45, 7) is -5.50. The number of carbonyl (C=O) groups excluding carboxylic acids is 20. The summed E-state index contributed by atoms with van der Waals surface area (Å²) in [6.07, 6.45) is -5.26. The molecule has 14 saturated heterocycles. The molecule has 0 aliphatic carbocycles. The second-order valence-corrected chi connectivity index (χ2v) is 37.3. The number of β-amino-alcohol motifs (C(OH)–C–C–N with tert-alkyl or cyclic N) is 7. The third-order valence-electron chi connectivity index (χ3n) is 28.5. The molecule has 50 nitrogen and oxygen atoms in total. The quantitative estimate of drug-likeness (QED) is 0.0346. The van der Waals surface area contributed by atoms with E-state index < -0.39 is 291 Å². The zero-order chi connectivity index (χ0) is 96.1. The first kappa shape index (κ1) is 98.5. The highest BCUT2D eigenvalue weighted by atomic mass is 16.4. The van der Waals surface area contributed by atoms with Gasteiger partial charge in [0.2, 0.25) is 118 Å². The van der Waals surface area contributed by atoms with Crippen molar-refractivity contribution in [2.75, 3.05) is 137 Å². The van der Waals surface area contributed by atoms with Crippen molar-refractivity contribution in [3.8, 4) is 0 Å². The van der Waals surface area contributed by atoms with Crippen LogP contribution in [0, 0.1) is 0 Å². The van der Waals surface area contributed by atoms with Crippen LogP contribution < -0.4 is 42.5 Å². The summed E-state index contributed by atoms with van der Waals surface area (Å²) in [4.78, 5) is 305. The number of aliphatic hydroxyl groups is 7. The highest BCUT2D eigenvalue weighted by Gasteiger charge is 2.54. The van der Waals surface area contributed by atoms with Crippen molar-refractivity contribution in [2.45, 2.75) is 262 Å². The third-order valence-corrected chi connectivity index (χ3v) is 28.5. The maximum Gasteiger partial charge on any atom is 0.322 e. The Morgan fingerprint density at radius 1 is 0.216 bits per heavy atom. The Kier molecular flexibility index (Phi) is 31.4. The Balaban J connectivity index is 0.508. The van der Waals surface area contributed by atoms with Gasteiger partial charge in [-0.05, 0) is 96.4 Å². The first-order valence-corrected chi connectivity index (χ1v) is 46.5. The minimum Gasteiger partial charge on any atom is -0.480 e. The lowest BCUT2D eigenvalue weighted by atomic mass is 10.1. The number of amides is 20. The van der Waals surface area contributed by atoms with Gasteiger partial charge in [0.25, 0.3) is 0 Å². The van der Waals surface area contributed by atoms with Gasteiger partial charge in [0.15, 0.2) is 0 Å². The second-order valence-electron chi connectivity index (χ2n) is 37.3. The number of carboxylic acids is 1. The summed E-state index contributed by atoms with van der Waals surface area (Å²) in [5.41, 5.74) is 0. The van der Waals surface area contributed by atoms with E-state index in [1.165, 1.54) is 34.3 Å². The minimum atomic E-state index is -1.36. The first-order chi connectivity index (χ1) is 63.9. The van der Waals surface area contributed by atoms with Crippen LogP contribution in [-0.2, 0) is 101 Å². The van der Waals surface area contributed by atoms with Gasteiger partial charge in [-0.3, -0.25) is 101 Å². The van der Waals surface area contributed by atoms with Gasteiger partial charge in [-0.15, -0.1) is 0 Å². The fourth-order valence-electron chi connectivity index (χ4n) is 21.9. The lowest BCUT2D eigenvalue weighted by Gasteiger charge is -2.32. The maximum atomic E-state index is 14.5. The number of aliphatic hydroxyl groups excluding tert-OH is 7. The van der Waals surface area contributed by atoms with Crippen LogP contribution in [0.2, 0.25) is 0 Å². The van der Waals surface area contributed by atoms with Crippen LogP contribution in [0.4, 0.5) is 0 Å². The predicted molar refractivity (Wildman–Crippen MR) is 451 cm³/mol. The number of rotatable bonds is 28. The number of hydrogen-bond donors (Lipinski definition) is 16. The van der Waals surface area contributed by atoms with Crippen molar-refractivity contribution in [3.05, 3.63) is 0 Å². The number of nitrogens with zero attached hydrogens (tertiary/aromatic N) is 13. The number of aliphatic carboxylic acids is 1.